The summed E-state index contributed by atoms with van der Waals surface area (Å²) in [5, 5.41) is 0. The molecule has 0 radical (unpaired) electrons. The van der Waals surface area contributed by atoms with E-state index in [1.165, 1.54) is 25.3 Å². The normalized spacial score (nSPS) is 12.5. The van der Waals surface area contributed by atoms with Crippen molar-refractivity contribution in [3.63, 3.8) is 0 Å². The van der Waals surface area contributed by atoms with Crippen molar-refractivity contribution in [2.45, 2.75) is 24.8 Å². The van der Waals surface area contributed by atoms with E-state index in [4.69, 9.17) is 4.74 Å². The summed E-state index contributed by atoms with van der Waals surface area (Å²) in [6.07, 6.45) is 0.353. The number of nitrogens with zero attached hydrogens (tertiary/aromatic N) is 1. The van der Waals surface area contributed by atoms with Crippen LogP contribution in [0.15, 0.2) is 47.5 Å². The molecule has 1 heterocycles. The van der Waals surface area contributed by atoms with Crippen LogP contribution in [0.1, 0.15) is 12.5 Å². The second kappa shape index (κ2) is 6.74. The Morgan fingerprint density at radius 2 is 2.04 bits per heavy atom. The number of ether oxygens (including phenoxy) is 1. The molecular weight excluding hydrogens is 323 g/mol. The van der Waals surface area contributed by atoms with Gasteiger partial charge in [0, 0.05) is 12.3 Å². The van der Waals surface area contributed by atoms with E-state index in [0.717, 1.165) is 12.1 Å². The van der Waals surface area contributed by atoms with Crippen LogP contribution in [-0.2, 0) is 14.8 Å². The maximum absolute atomic E-state index is 13.8. The van der Waals surface area contributed by atoms with Gasteiger partial charge in [-0.2, -0.15) is 0 Å². The third-order valence-corrected chi connectivity index (χ3v) is 4.30. The highest BCUT2D eigenvalue weighted by molar-refractivity contribution is 7.90. The molecule has 1 aromatic heterocycles. The third-order valence-electron chi connectivity index (χ3n) is 2.92. The molecule has 0 bridgehead atoms. The number of pyridine rings is 1. The summed E-state index contributed by atoms with van der Waals surface area (Å²) in [7, 11) is -4.32. The zero-order valence-electron chi connectivity index (χ0n) is 12.5. The smallest absolute Gasteiger partial charge is 0.274 e. The second-order valence-electron chi connectivity index (χ2n) is 4.83. The fourth-order valence-electron chi connectivity index (χ4n) is 1.75. The lowest BCUT2D eigenvalue weighted by molar-refractivity contribution is -0.125. The van der Waals surface area contributed by atoms with Gasteiger partial charge in [-0.15, -0.1) is 0 Å². The molecule has 1 amide bonds. The SMILES string of the molecule is Cc1ccc(S(=O)(=O)NC(=O)C(C)Oc2ccccn2)c(F)c1. The van der Waals surface area contributed by atoms with E-state index >= 15 is 0 Å². The van der Waals surface area contributed by atoms with Gasteiger partial charge in [0.05, 0.1) is 0 Å². The fraction of sp³-hybridized carbons (Fsp3) is 0.200. The maximum Gasteiger partial charge on any atom is 0.274 e. The minimum Gasteiger partial charge on any atom is -0.464 e. The molecule has 0 spiro atoms. The van der Waals surface area contributed by atoms with Gasteiger partial charge in [0.2, 0.25) is 5.88 Å². The van der Waals surface area contributed by atoms with Crippen molar-refractivity contribution < 1.29 is 22.3 Å². The van der Waals surface area contributed by atoms with Crippen molar-refractivity contribution in [1.82, 2.24) is 9.71 Å². The van der Waals surface area contributed by atoms with Gasteiger partial charge in [0.1, 0.15) is 10.7 Å². The Bertz CT molecular complexity index is 809. The number of sulfonamides is 1. The average molecular weight is 338 g/mol. The number of carbonyl (C=O) groups excluding carboxylic acids is 1. The molecule has 0 saturated carbocycles. The topological polar surface area (TPSA) is 85.4 Å². The van der Waals surface area contributed by atoms with E-state index in [1.54, 1.807) is 23.8 Å². The number of aromatic nitrogens is 1. The second-order valence-corrected chi connectivity index (χ2v) is 6.48. The van der Waals surface area contributed by atoms with E-state index in [1.807, 2.05) is 0 Å². The number of hydrogen-bond acceptors (Lipinski definition) is 5. The predicted molar refractivity (Wildman–Crippen MR) is 80.8 cm³/mol. The molecule has 1 aromatic carbocycles. The number of amides is 1. The lowest BCUT2D eigenvalue weighted by atomic mass is 10.2. The number of carbonyl (C=O) groups is 1. The molecule has 0 saturated heterocycles. The predicted octanol–water partition coefficient (Wildman–Crippen LogP) is 1.80. The van der Waals surface area contributed by atoms with Gasteiger partial charge < -0.3 is 4.74 Å². The molecule has 1 unspecified atom stereocenters. The van der Waals surface area contributed by atoms with E-state index in [0.29, 0.717) is 5.56 Å². The summed E-state index contributed by atoms with van der Waals surface area (Å²) in [5.74, 6) is -1.67. The molecule has 23 heavy (non-hydrogen) atoms. The van der Waals surface area contributed by atoms with Crippen LogP contribution in [0.3, 0.4) is 0 Å². The number of halogens is 1. The minimum absolute atomic E-state index is 0.175. The summed E-state index contributed by atoms with van der Waals surface area (Å²) in [6.45, 7) is 2.99. The molecule has 1 N–H and O–H groups in total. The van der Waals surface area contributed by atoms with Crippen molar-refractivity contribution >= 4 is 15.9 Å². The minimum atomic E-state index is -4.32. The Morgan fingerprint density at radius 1 is 1.30 bits per heavy atom. The Hall–Kier alpha value is -2.48. The molecule has 6 nitrogen and oxygen atoms in total. The number of rotatable bonds is 5. The van der Waals surface area contributed by atoms with Crippen LogP contribution < -0.4 is 9.46 Å². The number of nitrogens with one attached hydrogen (secondary N) is 1. The van der Waals surface area contributed by atoms with E-state index in [2.05, 4.69) is 4.98 Å². The Labute approximate surface area is 133 Å². The summed E-state index contributed by atoms with van der Waals surface area (Å²) < 4.78 is 45.0. The van der Waals surface area contributed by atoms with Gasteiger partial charge in [-0.1, -0.05) is 12.1 Å². The fourth-order valence-corrected chi connectivity index (χ4v) is 2.85. The van der Waals surface area contributed by atoms with Crippen LogP contribution in [0.2, 0.25) is 0 Å². The van der Waals surface area contributed by atoms with Crippen molar-refractivity contribution in [2.75, 3.05) is 0 Å². The molecule has 0 aliphatic rings. The summed E-state index contributed by atoms with van der Waals surface area (Å²) in [5.41, 5.74) is 0.569. The Kier molecular flexibility index (Phi) is 4.95. The lowest BCUT2D eigenvalue weighted by Crippen LogP contribution is -2.40. The van der Waals surface area contributed by atoms with Gasteiger partial charge in [0.25, 0.3) is 15.9 Å². The van der Waals surface area contributed by atoms with Crippen LogP contribution >= 0.6 is 0 Å². The van der Waals surface area contributed by atoms with Crippen LogP contribution in [0.5, 0.6) is 5.88 Å². The van der Waals surface area contributed by atoms with Crippen molar-refractivity contribution in [3.05, 3.63) is 54.0 Å². The molecule has 8 heteroatoms. The molecule has 2 aromatic rings. The molecule has 0 aliphatic carbocycles. The first-order valence-corrected chi connectivity index (χ1v) is 8.18. The van der Waals surface area contributed by atoms with Crippen LogP contribution in [-0.4, -0.2) is 25.4 Å². The lowest BCUT2D eigenvalue weighted by Gasteiger charge is -2.14. The third kappa shape index (κ3) is 4.26. The number of aryl methyl sites for hydroxylation is 1. The highest BCUT2D eigenvalue weighted by Gasteiger charge is 2.25. The summed E-state index contributed by atoms with van der Waals surface area (Å²) >= 11 is 0. The van der Waals surface area contributed by atoms with Crippen LogP contribution in [0.4, 0.5) is 4.39 Å². The monoisotopic (exact) mass is 338 g/mol. The zero-order valence-corrected chi connectivity index (χ0v) is 13.3. The molecule has 122 valence electrons. The Balaban J connectivity index is 2.12. The van der Waals surface area contributed by atoms with E-state index in [9.17, 15) is 17.6 Å². The molecule has 1 atom stereocenters. The highest BCUT2D eigenvalue weighted by atomic mass is 32.2. The first-order valence-electron chi connectivity index (χ1n) is 6.70. The molecular formula is C15H15FN2O4S. The van der Waals surface area contributed by atoms with Gasteiger partial charge >= 0.3 is 0 Å². The number of benzene rings is 1. The Morgan fingerprint density at radius 3 is 2.65 bits per heavy atom. The van der Waals surface area contributed by atoms with Crippen molar-refractivity contribution in [2.24, 2.45) is 0 Å². The van der Waals surface area contributed by atoms with Gasteiger partial charge in [-0.05, 0) is 37.6 Å². The van der Waals surface area contributed by atoms with E-state index < -0.39 is 32.7 Å². The standard InChI is InChI=1S/C15H15FN2O4S/c1-10-6-7-13(12(16)9-10)23(20,21)18-15(19)11(2)22-14-5-3-4-8-17-14/h3-9,11H,1-2H3,(H,18,19). The first-order chi connectivity index (χ1) is 10.8. The maximum atomic E-state index is 13.8. The van der Waals surface area contributed by atoms with Gasteiger partial charge in [-0.3, -0.25) is 4.79 Å². The highest BCUT2D eigenvalue weighted by Crippen LogP contribution is 2.16. The van der Waals surface area contributed by atoms with Crippen molar-refractivity contribution in [3.8, 4) is 5.88 Å². The zero-order chi connectivity index (χ0) is 17.0. The summed E-state index contributed by atoms with van der Waals surface area (Å²) in [4.78, 5) is 15.2. The van der Waals surface area contributed by atoms with E-state index in [-0.39, 0.29) is 5.88 Å². The molecule has 0 fully saturated rings. The summed E-state index contributed by atoms with van der Waals surface area (Å²) in [6, 6.07) is 8.47. The average Bonchev–Trinajstić information content (AvgIpc) is 2.47. The van der Waals surface area contributed by atoms with Gasteiger partial charge in [-0.25, -0.2) is 22.5 Å². The van der Waals surface area contributed by atoms with Crippen LogP contribution in [0.25, 0.3) is 0 Å². The molecule has 0 aliphatic heterocycles. The quantitative estimate of drug-likeness (QED) is 0.898. The largest absolute Gasteiger partial charge is 0.464 e. The number of hydrogen-bond donors (Lipinski definition) is 1. The van der Waals surface area contributed by atoms with Crippen molar-refractivity contribution in [1.29, 1.82) is 0 Å². The van der Waals surface area contributed by atoms with Crippen LogP contribution in [0, 0.1) is 12.7 Å². The first kappa shape index (κ1) is 16.9. The van der Waals surface area contributed by atoms with Gasteiger partial charge in [0.15, 0.2) is 6.10 Å². The molecule has 2 rings (SSSR count).